The molecule has 0 aliphatic rings. The summed E-state index contributed by atoms with van der Waals surface area (Å²) in [5.74, 6) is -0.213. The Morgan fingerprint density at radius 2 is 1.85 bits per heavy atom. The summed E-state index contributed by atoms with van der Waals surface area (Å²) in [7, 11) is 0. The minimum absolute atomic E-state index is 0.0985. The van der Waals surface area contributed by atoms with Gasteiger partial charge in [0.1, 0.15) is 5.82 Å². The Labute approximate surface area is 117 Å². The van der Waals surface area contributed by atoms with E-state index in [1.165, 1.54) is 12.1 Å². The normalized spacial score (nSPS) is 12.3. The topological polar surface area (TPSA) is 24.9 Å². The molecule has 1 N–H and O–H groups in total. The highest BCUT2D eigenvalue weighted by Gasteiger charge is 2.07. The average Bonchev–Trinajstić information content (AvgIpc) is 2.48. The van der Waals surface area contributed by atoms with Gasteiger partial charge in [0.15, 0.2) is 0 Å². The number of fused-ring (bicyclic) bond motifs is 1. The summed E-state index contributed by atoms with van der Waals surface area (Å²) in [5.41, 5.74) is 2.08. The van der Waals surface area contributed by atoms with Crippen molar-refractivity contribution in [2.24, 2.45) is 0 Å². The summed E-state index contributed by atoms with van der Waals surface area (Å²) in [4.78, 5) is 4.18. The summed E-state index contributed by atoms with van der Waals surface area (Å²) >= 11 is 0. The lowest BCUT2D eigenvalue weighted by Crippen LogP contribution is -2.06. The van der Waals surface area contributed by atoms with E-state index in [9.17, 15) is 4.39 Å². The highest BCUT2D eigenvalue weighted by Crippen LogP contribution is 2.26. The van der Waals surface area contributed by atoms with Gasteiger partial charge in [0.2, 0.25) is 0 Å². The van der Waals surface area contributed by atoms with Crippen LogP contribution in [-0.2, 0) is 0 Å². The van der Waals surface area contributed by atoms with Gasteiger partial charge in [-0.05, 0) is 42.1 Å². The number of pyridine rings is 1. The van der Waals surface area contributed by atoms with E-state index < -0.39 is 0 Å². The maximum absolute atomic E-state index is 13.0. The third-order valence-electron chi connectivity index (χ3n) is 3.43. The molecule has 3 aromatic rings. The van der Waals surface area contributed by atoms with Gasteiger partial charge in [0.25, 0.3) is 0 Å². The minimum Gasteiger partial charge on any atom is -0.378 e. The number of rotatable bonds is 3. The Hall–Kier alpha value is -2.42. The molecule has 1 atom stereocenters. The molecule has 0 spiro atoms. The van der Waals surface area contributed by atoms with Crippen LogP contribution in [0.5, 0.6) is 0 Å². The van der Waals surface area contributed by atoms with Crippen molar-refractivity contribution in [1.29, 1.82) is 0 Å². The van der Waals surface area contributed by atoms with Crippen LogP contribution in [-0.4, -0.2) is 4.98 Å². The van der Waals surface area contributed by atoms with Gasteiger partial charge in [-0.2, -0.15) is 0 Å². The lowest BCUT2D eigenvalue weighted by atomic mass is 10.1. The van der Waals surface area contributed by atoms with Crippen molar-refractivity contribution in [1.82, 2.24) is 4.98 Å². The average molecular weight is 266 g/mol. The molecule has 1 unspecified atom stereocenters. The minimum atomic E-state index is -0.213. The number of nitrogens with one attached hydrogen (secondary N) is 1. The molecule has 0 saturated carbocycles. The smallest absolute Gasteiger partial charge is 0.123 e. The van der Waals surface area contributed by atoms with E-state index in [1.807, 2.05) is 24.4 Å². The molecule has 0 saturated heterocycles. The predicted octanol–water partition coefficient (Wildman–Crippen LogP) is 4.55. The van der Waals surface area contributed by atoms with Crippen LogP contribution in [0.3, 0.4) is 0 Å². The molecule has 2 nitrogen and oxygen atoms in total. The highest BCUT2D eigenvalue weighted by atomic mass is 19.1. The molecule has 100 valence electrons. The lowest BCUT2D eigenvalue weighted by Gasteiger charge is -2.17. The van der Waals surface area contributed by atoms with E-state index in [4.69, 9.17) is 0 Å². The number of anilines is 1. The second-order valence-corrected chi connectivity index (χ2v) is 4.82. The van der Waals surface area contributed by atoms with Crippen LogP contribution in [0.2, 0.25) is 0 Å². The van der Waals surface area contributed by atoms with Gasteiger partial charge in [0, 0.05) is 29.5 Å². The van der Waals surface area contributed by atoms with E-state index >= 15 is 0 Å². The maximum Gasteiger partial charge on any atom is 0.123 e. The number of aromatic nitrogens is 1. The number of halogens is 1. The zero-order chi connectivity index (χ0) is 13.9. The first kappa shape index (κ1) is 12.6. The molecule has 1 heterocycles. The van der Waals surface area contributed by atoms with Crippen LogP contribution in [0.15, 0.2) is 60.9 Å². The van der Waals surface area contributed by atoms with Crippen molar-refractivity contribution in [3.8, 4) is 0 Å². The first-order valence-corrected chi connectivity index (χ1v) is 6.59. The number of hydrogen-bond acceptors (Lipinski definition) is 2. The van der Waals surface area contributed by atoms with Gasteiger partial charge in [-0.1, -0.05) is 24.3 Å². The molecule has 2 aromatic carbocycles. The van der Waals surface area contributed by atoms with Gasteiger partial charge < -0.3 is 5.32 Å². The third-order valence-corrected chi connectivity index (χ3v) is 3.43. The van der Waals surface area contributed by atoms with E-state index in [0.717, 1.165) is 22.0 Å². The molecule has 3 rings (SSSR count). The standard InChI is InChI=1S/C17H15FN2/c1-12(13-5-7-15(18)8-6-13)20-17-4-2-3-14-9-10-19-11-16(14)17/h2-12,20H,1H3. The molecule has 0 radical (unpaired) electrons. The van der Waals surface area contributed by atoms with Gasteiger partial charge in [0.05, 0.1) is 0 Å². The molecular weight excluding hydrogens is 251 g/mol. The molecule has 0 fully saturated rings. The molecule has 1 aromatic heterocycles. The lowest BCUT2D eigenvalue weighted by molar-refractivity contribution is 0.626. The van der Waals surface area contributed by atoms with Crippen LogP contribution in [0.4, 0.5) is 10.1 Å². The molecule has 0 amide bonds. The third kappa shape index (κ3) is 2.48. The molecule has 0 bridgehead atoms. The van der Waals surface area contributed by atoms with Crippen molar-refractivity contribution < 1.29 is 4.39 Å². The second kappa shape index (κ2) is 5.29. The summed E-state index contributed by atoms with van der Waals surface area (Å²) < 4.78 is 13.0. The number of benzene rings is 2. The van der Waals surface area contributed by atoms with Crippen molar-refractivity contribution in [2.75, 3.05) is 5.32 Å². The Balaban J connectivity index is 1.91. The fourth-order valence-corrected chi connectivity index (χ4v) is 2.31. The Morgan fingerprint density at radius 3 is 2.65 bits per heavy atom. The van der Waals surface area contributed by atoms with Crippen LogP contribution in [0, 0.1) is 5.82 Å². The van der Waals surface area contributed by atoms with E-state index in [0.29, 0.717) is 0 Å². The second-order valence-electron chi connectivity index (χ2n) is 4.82. The monoisotopic (exact) mass is 266 g/mol. The van der Waals surface area contributed by atoms with E-state index in [-0.39, 0.29) is 11.9 Å². The van der Waals surface area contributed by atoms with Crippen LogP contribution < -0.4 is 5.32 Å². The Bertz CT molecular complexity index is 717. The summed E-state index contributed by atoms with van der Waals surface area (Å²) in [5, 5.41) is 5.69. The van der Waals surface area contributed by atoms with E-state index in [2.05, 4.69) is 23.3 Å². The molecule has 0 aliphatic carbocycles. The molecule has 3 heteroatoms. The number of hydrogen-bond donors (Lipinski definition) is 1. The predicted molar refractivity (Wildman–Crippen MR) is 80.2 cm³/mol. The zero-order valence-electron chi connectivity index (χ0n) is 11.2. The van der Waals surface area contributed by atoms with Gasteiger partial charge in [-0.3, -0.25) is 4.98 Å². The van der Waals surface area contributed by atoms with Crippen molar-refractivity contribution in [3.05, 3.63) is 72.3 Å². The van der Waals surface area contributed by atoms with Gasteiger partial charge >= 0.3 is 0 Å². The van der Waals surface area contributed by atoms with E-state index in [1.54, 1.807) is 18.3 Å². The number of nitrogens with zero attached hydrogens (tertiary/aromatic N) is 1. The fourth-order valence-electron chi connectivity index (χ4n) is 2.31. The molecule has 20 heavy (non-hydrogen) atoms. The molecular formula is C17H15FN2. The first-order chi connectivity index (χ1) is 9.74. The first-order valence-electron chi connectivity index (χ1n) is 6.59. The van der Waals surface area contributed by atoms with Crippen molar-refractivity contribution >= 4 is 16.5 Å². The summed E-state index contributed by atoms with van der Waals surface area (Å²) in [6.07, 6.45) is 3.64. The summed E-state index contributed by atoms with van der Waals surface area (Å²) in [6.45, 7) is 2.06. The zero-order valence-corrected chi connectivity index (χ0v) is 11.2. The highest BCUT2D eigenvalue weighted by molar-refractivity contribution is 5.93. The van der Waals surface area contributed by atoms with Crippen molar-refractivity contribution in [2.45, 2.75) is 13.0 Å². The van der Waals surface area contributed by atoms with Gasteiger partial charge in [-0.15, -0.1) is 0 Å². The van der Waals surface area contributed by atoms with Crippen molar-refractivity contribution in [3.63, 3.8) is 0 Å². The van der Waals surface area contributed by atoms with Crippen LogP contribution in [0.1, 0.15) is 18.5 Å². The molecule has 0 aliphatic heterocycles. The largest absolute Gasteiger partial charge is 0.378 e. The SMILES string of the molecule is CC(Nc1cccc2ccncc12)c1ccc(F)cc1. The quantitative estimate of drug-likeness (QED) is 0.752. The van der Waals surface area contributed by atoms with Gasteiger partial charge in [-0.25, -0.2) is 4.39 Å². The Morgan fingerprint density at radius 1 is 1.05 bits per heavy atom. The Kier molecular flexibility index (Phi) is 3.33. The van der Waals surface area contributed by atoms with Crippen LogP contribution >= 0.6 is 0 Å². The summed E-state index contributed by atoms with van der Waals surface area (Å²) in [6, 6.07) is 14.8. The fraction of sp³-hybridized carbons (Fsp3) is 0.118. The maximum atomic E-state index is 13.0. The van der Waals surface area contributed by atoms with Crippen LogP contribution in [0.25, 0.3) is 10.8 Å².